The lowest BCUT2D eigenvalue weighted by molar-refractivity contribution is -0.120. The summed E-state index contributed by atoms with van der Waals surface area (Å²) in [7, 11) is 0. The van der Waals surface area contributed by atoms with E-state index in [1.807, 2.05) is 24.4 Å². The van der Waals surface area contributed by atoms with Crippen molar-refractivity contribution in [3.63, 3.8) is 0 Å². The number of aromatic nitrogens is 7. The van der Waals surface area contributed by atoms with Crippen molar-refractivity contribution in [2.75, 3.05) is 47.8 Å². The third kappa shape index (κ3) is 6.84. The predicted octanol–water partition coefficient (Wildman–Crippen LogP) is 3.89. The first kappa shape index (κ1) is 33.7. The predicted molar refractivity (Wildman–Crippen MR) is 196 cm³/mol. The lowest BCUT2D eigenvalue weighted by atomic mass is 9.83. The molecule has 0 bridgehead atoms. The van der Waals surface area contributed by atoms with Crippen molar-refractivity contribution in [2.24, 2.45) is 0 Å². The second-order valence-electron chi connectivity index (χ2n) is 13.7. The first-order valence-corrected chi connectivity index (χ1v) is 17.9. The molecule has 1 atom stereocenters. The number of hydrogen-bond acceptors (Lipinski definition) is 12. The van der Waals surface area contributed by atoms with Gasteiger partial charge in [-0.25, -0.2) is 19.4 Å². The highest BCUT2D eigenvalue weighted by atomic mass is 16.2. The molecular formula is C37H38N14O2. The number of fused-ring (bicyclic) bond motifs is 1. The Labute approximate surface area is 305 Å². The van der Waals surface area contributed by atoms with Crippen LogP contribution in [0, 0.1) is 22.7 Å². The Balaban J connectivity index is 0.890. The topological polar surface area (TPSA) is 190 Å². The van der Waals surface area contributed by atoms with E-state index in [1.54, 1.807) is 39.6 Å². The van der Waals surface area contributed by atoms with Crippen LogP contribution in [0.3, 0.4) is 0 Å². The molecule has 0 unspecified atom stereocenters. The summed E-state index contributed by atoms with van der Waals surface area (Å²) >= 11 is 0. The van der Waals surface area contributed by atoms with Crippen LogP contribution in [0.25, 0.3) is 22.5 Å². The molecule has 4 aromatic heterocycles. The smallest absolute Gasteiger partial charge is 0.328 e. The molecule has 2 aliphatic heterocycles. The summed E-state index contributed by atoms with van der Waals surface area (Å²) in [5.74, 6) is 0.584. The fraction of sp³-hybridized carbons (Fsp3) is 0.378. The average Bonchev–Trinajstić information content (AvgIpc) is 3.86. The molecule has 268 valence electrons. The zero-order chi connectivity index (χ0) is 36.5. The third-order valence-electron chi connectivity index (χ3n) is 10.5. The van der Waals surface area contributed by atoms with Gasteiger partial charge in [-0.2, -0.15) is 20.3 Å². The Morgan fingerprint density at radius 1 is 0.925 bits per heavy atom. The number of nitrogens with zero attached hydrogens (tertiary/aromatic N) is 12. The number of piperazine rings is 1. The molecule has 2 saturated heterocycles. The molecule has 0 spiro atoms. The van der Waals surface area contributed by atoms with Gasteiger partial charge in [-0.05, 0) is 62.9 Å². The second kappa shape index (κ2) is 14.3. The van der Waals surface area contributed by atoms with E-state index in [4.69, 9.17) is 0 Å². The van der Waals surface area contributed by atoms with Crippen molar-refractivity contribution >= 4 is 40.0 Å². The number of pyridine rings is 2. The largest absolute Gasteiger partial charge is 0.369 e. The number of carbonyl (C=O) groups is 2. The summed E-state index contributed by atoms with van der Waals surface area (Å²) in [6.07, 6.45) is 11.4. The lowest BCUT2D eigenvalue weighted by Crippen LogP contribution is -2.51. The standard InChI is InChI=1S/C37H38N14O2/c1-24(18-38)43-31-17-34(51-36-27(21-42-51)16-25(19-39)20-41-36)40-22-33(31)50-23-32(45-46-50)26-2-4-28(5-3-26)47-12-14-48(15-13-47)29-6-8-30(9-7-29)49-11-10-35(52)44-37(49)53/h6-9,16-17,20-24,26,28H,2-5,10-15H2,1H3,(H,40,43)(H,44,52,53)/t24-,26?,28?/m1/s1. The van der Waals surface area contributed by atoms with E-state index in [0.717, 1.165) is 74.3 Å². The van der Waals surface area contributed by atoms with Gasteiger partial charge in [0.25, 0.3) is 0 Å². The van der Waals surface area contributed by atoms with Gasteiger partial charge in [0.1, 0.15) is 17.8 Å². The fourth-order valence-corrected chi connectivity index (χ4v) is 7.58. The van der Waals surface area contributed by atoms with Crippen molar-refractivity contribution in [1.29, 1.82) is 10.5 Å². The summed E-state index contributed by atoms with van der Waals surface area (Å²) in [6, 6.07) is 15.6. The molecule has 53 heavy (non-hydrogen) atoms. The Kier molecular flexibility index (Phi) is 9.12. The highest BCUT2D eigenvalue weighted by Gasteiger charge is 2.31. The first-order chi connectivity index (χ1) is 25.9. The van der Waals surface area contributed by atoms with Gasteiger partial charge in [-0.3, -0.25) is 19.9 Å². The number of amides is 3. The Hall–Kier alpha value is -6.39. The average molecular weight is 711 g/mol. The normalized spacial score (nSPS) is 20.1. The van der Waals surface area contributed by atoms with Crippen LogP contribution in [-0.4, -0.2) is 96.4 Å². The minimum atomic E-state index is -0.474. The molecule has 3 amide bonds. The van der Waals surface area contributed by atoms with E-state index in [-0.39, 0.29) is 11.9 Å². The summed E-state index contributed by atoms with van der Waals surface area (Å²) in [5, 5.41) is 38.7. The van der Waals surface area contributed by atoms with Crippen molar-refractivity contribution in [2.45, 2.75) is 57.0 Å². The minimum Gasteiger partial charge on any atom is -0.369 e. The van der Waals surface area contributed by atoms with Crippen LogP contribution in [0.5, 0.6) is 0 Å². The third-order valence-corrected chi connectivity index (χ3v) is 10.5. The molecule has 1 aliphatic carbocycles. The molecule has 8 rings (SSSR count). The van der Waals surface area contributed by atoms with Gasteiger partial charge in [0.05, 0.1) is 41.6 Å². The van der Waals surface area contributed by atoms with Gasteiger partial charge in [0.15, 0.2) is 11.5 Å². The highest BCUT2D eigenvalue weighted by Crippen LogP contribution is 2.35. The van der Waals surface area contributed by atoms with E-state index in [2.05, 4.69) is 70.1 Å². The maximum atomic E-state index is 12.2. The number of carbonyl (C=O) groups excluding carboxylic acids is 2. The summed E-state index contributed by atoms with van der Waals surface area (Å²) in [4.78, 5) is 39.4. The first-order valence-electron chi connectivity index (χ1n) is 17.9. The quantitative estimate of drug-likeness (QED) is 0.237. The maximum absolute atomic E-state index is 12.2. The van der Waals surface area contributed by atoms with Gasteiger partial charge in [-0.15, -0.1) is 5.10 Å². The van der Waals surface area contributed by atoms with Crippen LogP contribution < -0.4 is 20.4 Å². The van der Waals surface area contributed by atoms with Crippen LogP contribution in [0.15, 0.2) is 61.2 Å². The van der Waals surface area contributed by atoms with Crippen molar-refractivity contribution in [3.8, 4) is 23.6 Å². The summed E-state index contributed by atoms with van der Waals surface area (Å²) < 4.78 is 3.33. The van der Waals surface area contributed by atoms with Gasteiger partial charge < -0.3 is 10.2 Å². The molecule has 16 heteroatoms. The summed E-state index contributed by atoms with van der Waals surface area (Å²) in [5.41, 5.74) is 5.23. The van der Waals surface area contributed by atoms with Gasteiger partial charge in [0.2, 0.25) is 5.91 Å². The molecule has 2 N–H and O–H groups in total. The van der Waals surface area contributed by atoms with Crippen LogP contribution in [0.2, 0.25) is 0 Å². The number of urea groups is 1. The molecule has 6 heterocycles. The monoisotopic (exact) mass is 710 g/mol. The number of nitrogens with one attached hydrogen (secondary N) is 2. The number of rotatable bonds is 8. The van der Waals surface area contributed by atoms with Gasteiger partial charge in [0, 0.05) is 80.1 Å². The number of anilines is 3. The molecule has 0 radical (unpaired) electrons. The second-order valence-corrected chi connectivity index (χ2v) is 13.7. The highest BCUT2D eigenvalue weighted by molar-refractivity contribution is 6.05. The summed E-state index contributed by atoms with van der Waals surface area (Å²) in [6.45, 7) is 6.05. The zero-order valence-electron chi connectivity index (χ0n) is 29.3. The lowest BCUT2D eigenvalue weighted by Gasteiger charge is -2.42. The van der Waals surface area contributed by atoms with Crippen LogP contribution in [0.4, 0.5) is 21.9 Å². The van der Waals surface area contributed by atoms with Gasteiger partial charge >= 0.3 is 6.03 Å². The van der Waals surface area contributed by atoms with E-state index >= 15 is 0 Å². The van der Waals surface area contributed by atoms with E-state index in [1.165, 1.54) is 6.20 Å². The zero-order valence-corrected chi connectivity index (χ0v) is 29.3. The Morgan fingerprint density at radius 3 is 2.43 bits per heavy atom. The molecule has 1 saturated carbocycles. The van der Waals surface area contributed by atoms with Crippen molar-refractivity contribution in [3.05, 3.63) is 72.4 Å². The SMILES string of the molecule is C[C@H](C#N)Nc1cc(-n2ncc3cc(C#N)cnc32)ncc1-n1cc(C2CCC(N3CCN(c4ccc(N5CCC(=O)NC5=O)cc4)CC3)CC2)nn1. The fourth-order valence-electron chi connectivity index (χ4n) is 7.58. The van der Waals surface area contributed by atoms with Crippen LogP contribution in [0.1, 0.15) is 56.2 Å². The van der Waals surface area contributed by atoms with E-state index in [9.17, 15) is 20.1 Å². The van der Waals surface area contributed by atoms with Gasteiger partial charge in [-0.1, -0.05) is 5.21 Å². The number of hydrogen-bond donors (Lipinski definition) is 2. The molecular weight excluding hydrogens is 673 g/mol. The number of imide groups is 1. The Bertz CT molecular complexity index is 2230. The number of nitriles is 2. The molecule has 16 nitrogen and oxygen atoms in total. The molecule has 5 aromatic rings. The van der Waals surface area contributed by atoms with Crippen LogP contribution in [-0.2, 0) is 4.79 Å². The maximum Gasteiger partial charge on any atom is 0.328 e. The molecule has 1 aromatic carbocycles. The minimum absolute atomic E-state index is 0.231. The molecule has 3 fully saturated rings. The van der Waals surface area contributed by atoms with Crippen LogP contribution >= 0.6 is 0 Å². The van der Waals surface area contributed by atoms with Crippen molar-refractivity contribution < 1.29 is 9.59 Å². The Morgan fingerprint density at radius 2 is 1.70 bits per heavy atom. The van der Waals surface area contributed by atoms with Crippen molar-refractivity contribution in [1.82, 2.24) is 45.0 Å². The number of benzene rings is 1. The molecule has 3 aliphatic rings. The van der Waals surface area contributed by atoms with E-state index in [0.29, 0.717) is 53.3 Å². The van der Waals surface area contributed by atoms with E-state index < -0.39 is 6.04 Å².